The van der Waals surface area contributed by atoms with Crippen LogP contribution in [0.15, 0.2) is 24.3 Å². The number of rotatable bonds is 5. The largest absolute Gasteiger partial charge is 0.497 e. The summed E-state index contributed by atoms with van der Waals surface area (Å²) < 4.78 is 32.7. The summed E-state index contributed by atoms with van der Waals surface area (Å²) in [6, 6.07) is 6.72. The number of benzene rings is 1. The average Bonchev–Trinajstić information content (AvgIpc) is 2.97. The van der Waals surface area contributed by atoms with E-state index in [1.54, 1.807) is 38.1 Å². The molecule has 0 radical (unpaired) electrons. The van der Waals surface area contributed by atoms with E-state index in [0.717, 1.165) is 0 Å². The molecule has 0 unspecified atom stereocenters. The predicted molar refractivity (Wildman–Crippen MR) is 72.0 cm³/mol. The van der Waals surface area contributed by atoms with Crippen molar-refractivity contribution in [1.29, 1.82) is 0 Å². The Morgan fingerprint density at radius 2 is 2.15 bits per heavy atom. The highest BCUT2D eigenvalue weighted by atomic mass is 19.3. The third-order valence-electron chi connectivity index (χ3n) is 3.68. The highest BCUT2D eigenvalue weighted by Gasteiger charge is 2.68. The molecular weight excluding hydrogens is 264 g/mol. The Labute approximate surface area is 117 Å². The summed E-state index contributed by atoms with van der Waals surface area (Å²) in [6.45, 7) is 3.48. The Morgan fingerprint density at radius 3 is 2.75 bits per heavy atom. The number of carbonyl (C=O) groups excluding carboxylic acids is 1. The van der Waals surface area contributed by atoms with Crippen molar-refractivity contribution in [3.05, 3.63) is 29.8 Å². The highest BCUT2D eigenvalue weighted by molar-refractivity contribution is 5.77. The molecule has 0 aliphatic heterocycles. The van der Waals surface area contributed by atoms with E-state index in [-0.39, 0.29) is 18.4 Å². The molecular formula is C15H19F2NO2. The normalized spacial score (nSPS) is 23.5. The van der Waals surface area contributed by atoms with E-state index in [2.05, 4.69) is 5.32 Å². The van der Waals surface area contributed by atoms with Crippen molar-refractivity contribution in [3.8, 4) is 5.75 Å². The molecule has 0 spiro atoms. The summed E-state index contributed by atoms with van der Waals surface area (Å²) >= 11 is 0. The fourth-order valence-corrected chi connectivity index (χ4v) is 2.35. The maximum atomic E-state index is 13.8. The Bertz CT molecular complexity index is 502. The van der Waals surface area contributed by atoms with E-state index in [4.69, 9.17) is 4.74 Å². The van der Waals surface area contributed by atoms with Crippen molar-refractivity contribution in [2.24, 2.45) is 11.8 Å². The molecule has 1 saturated carbocycles. The monoisotopic (exact) mass is 283 g/mol. The van der Waals surface area contributed by atoms with Gasteiger partial charge in [-0.05, 0) is 17.7 Å². The van der Waals surface area contributed by atoms with Gasteiger partial charge in [0.25, 0.3) is 5.92 Å². The Hall–Kier alpha value is -1.65. The number of ether oxygens (including phenoxy) is 1. The van der Waals surface area contributed by atoms with Gasteiger partial charge in [-0.3, -0.25) is 4.79 Å². The lowest BCUT2D eigenvalue weighted by Gasteiger charge is -2.06. The van der Waals surface area contributed by atoms with Crippen molar-refractivity contribution in [2.45, 2.75) is 25.7 Å². The smallest absolute Gasteiger partial charge is 0.260 e. The number of methoxy groups -OCH3 is 1. The van der Waals surface area contributed by atoms with Gasteiger partial charge in [-0.15, -0.1) is 0 Å². The molecule has 1 fully saturated rings. The van der Waals surface area contributed by atoms with Gasteiger partial charge in [0.05, 0.1) is 18.9 Å². The molecule has 3 nitrogen and oxygen atoms in total. The molecule has 2 rings (SSSR count). The van der Waals surface area contributed by atoms with Gasteiger partial charge in [-0.1, -0.05) is 26.0 Å². The third kappa shape index (κ3) is 2.76. The summed E-state index contributed by atoms with van der Waals surface area (Å²) in [4.78, 5) is 11.5. The van der Waals surface area contributed by atoms with Crippen LogP contribution in [0, 0.1) is 11.8 Å². The standard InChI is InChI=1S/C15H19F2NO2/c1-9(2)14(19)18-8-12-13(15(12,16)17)10-5-4-6-11(7-10)20-3/h4-7,9,12-13H,8H2,1-3H3,(H,18,19)/t12-,13-/m1/s1. The summed E-state index contributed by atoms with van der Waals surface area (Å²) in [7, 11) is 1.50. The number of carbonyl (C=O) groups is 1. The van der Waals surface area contributed by atoms with Crippen molar-refractivity contribution in [3.63, 3.8) is 0 Å². The van der Waals surface area contributed by atoms with Gasteiger partial charge < -0.3 is 10.1 Å². The Morgan fingerprint density at radius 1 is 1.45 bits per heavy atom. The van der Waals surface area contributed by atoms with Gasteiger partial charge >= 0.3 is 0 Å². The van der Waals surface area contributed by atoms with Crippen molar-refractivity contribution < 1.29 is 18.3 Å². The first-order chi connectivity index (χ1) is 9.37. The summed E-state index contributed by atoms with van der Waals surface area (Å²) in [6.07, 6.45) is 0. The van der Waals surface area contributed by atoms with E-state index in [9.17, 15) is 13.6 Å². The van der Waals surface area contributed by atoms with Crippen LogP contribution in [0.2, 0.25) is 0 Å². The molecule has 1 aromatic rings. The van der Waals surface area contributed by atoms with E-state index < -0.39 is 17.8 Å². The molecule has 0 heterocycles. The summed E-state index contributed by atoms with van der Waals surface area (Å²) in [5.74, 6) is -4.27. The molecule has 20 heavy (non-hydrogen) atoms. The van der Waals surface area contributed by atoms with Gasteiger partial charge in [0.2, 0.25) is 5.91 Å². The van der Waals surface area contributed by atoms with Crippen LogP contribution in [0.4, 0.5) is 8.78 Å². The first-order valence-corrected chi connectivity index (χ1v) is 6.67. The average molecular weight is 283 g/mol. The van der Waals surface area contributed by atoms with E-state index in [1.165, 1.54) is 7.11 Å². The van der Waals surface area contributed by atoms with Crippen LogP contribution in [-0.2, 0) is 4.79 Å². The molecule has 2 atom stereocenters. The molecule has 0 aromatic heterocycles. The molecule has 5 heteroatoms. The maximum Gasteiger partial charge on any atom is 0.260 e. The number of halogens is 2. The molecule has 1 aromatic carbocycles. The second-order valence-corrected chi connectivity index (χ2v) is 5.44. The van der Waals surface area contributed by atoms with Crippen LogP contribution in [-0.4, -0.2) is 25.5 Å². The lowest BCUT2D eigenvalue weighted by Crippen LogP contribution is -2.30. The molecule has 1 aliphatic carbocycles. The number of hydrogen-bond donors (Lipinski definition) is 1. The van der Waals surface area contributed by atoms with Gasteiger partial charge in [0.15, 0.2) is 0 Å². The minimum atomic E-state index is -2.77. The number of nitrogens with one attached hydrogen (secondary N) is 1. The van der Waals surface area contributed by atoms with Gasteiger partial charge in [0.1, 0.15) is 5.75 Å². The second kappa shape index (κ2) is 5.38. The van der Waals surface area contributed by atoms with Gasteiger partial charge in [-0.25, -0.2) is 8.78 Å². The zero-order chi connectivity index (χ0) is 14.9. The molecule has 110 valence electrons. The molecule has 1 N–H and O–H groups in total. The van der Waals surface area contributed by atoms with Crippen molar-refractivity contribution >= 4 is 5.91 Å². The number of alkyl halides is 2. The Kier molecular flexibility index (Phi) is 3.97. The quantitative estimate of drug-likeness (QED) is 0.902. The molecule has 0 saturated heterocycles. The van der Waals surface area contributed by atoms with Crippen LogP contribution < -0.4 is 10.1 Å². The second-order valence-electron chi connectivity index (χ2n) is 5.44. The molecule has 0 bridgehead atoms. The van der Waals surface area contributed by atoms with Crippen molar-refractivity contribution in [1.82, 2.24) is 5.32 Å². The summed E-state index contributed by atoms with van der Waals surface area (Å²) in [5.41, 5.74) is 0.554. The lowest BCUT2D eigenvalue weighted by atomic mass is 10.1. The third-order valence-corrected chi connectivity index (χ3v) is 3.68. The minimum Gasteiger partial charge on any atom is -0.497 e. The van der Waals surface area contributed by atoms with E-state index in [0.29, 0.717) is 11.3 Å². The van der Waals surface area contributed by atoms with E-state index >= 15 is 0 Å². The van der Waals surface area contributed by atoms with Crippen molar-refractivity contribution in [2.75, 3.05) is 13.7 Å². The predicted octanol–water partition coefficient (Wildman–Crippen LogP) is 2.82. The van der Waals surface area contributed by atoms with E-state index in [1.807, 2.05) is 0 Å². The first-order valence-electron chi connectivity index (χ1n) is 6.67. The van der Waals surface area contributed by atoms with Crippen LogP contribution in [0.3, 0.4) is 0 Å². The topological polar surface area (TPSA) is 38.3 Å². The van der Waals surface area contributed by atoms with Crippen LogP contribution >= 0.6 is 0 Å². The zero-order valence-electron chi connectivity index (χ0n) is 11.8. The fourth-order valence-electron chi connectivity index (χ4n) is 2.35. The lowest BCUT2D eigenvalue weighted by molar-refractivity contribution is -0.124. The number of hydrogen-bond acceptors (Lipinski definition) is 2. The minimum absolute atomic E-state index is 0.00584. The van der Waals surface area contributed by atoms with Gasteiger partial charge in [-0.2, -0.15) is 0 Å². The van der Waals surface area contributed by atoms with Crippen LogP contribution in [0.1, 0.15) is 25.3 Å². The van der Waals surface area contributed by atoms with Crippen LogP contribution in [0.5, 0.6) is 5.75 Å². The molecule has 1 aliphatic rings. The zero-order valence-corrected chi connectivity index (χ0v) is 11.8. The first kappa shape index (κ1) is 14.8. The highest BCUT2D eigenvalue weighted by Crippen LogP contribution is 2.61. The molecule has 1 amide bonds. The summed E-state index contributed by atoms with van der Waals surface area (Å²) in [5, 5.41) is 2.58. The fraction of sp³-hybridized carbons (Fsp3) is 0.533. The van der Waals surface area contributed by atoms with Crippen LogP contribution in [0.25, 0.3) is 0 Å². The SMILES string of the molecule is COc1cccc([C@@H]2[C@@H](CNC(=O)C(C)C)C2(F)F)c1. The maximum absolute atomic E-state index is 13.8. The van der Waals surface area contributed by atoms with Gasteiger partial charge in [0, 0.05) is 12.5 Å². The Balaban J connectivity index is 2.04. The number of amides is 1.